The number of alkyl carbamates (subject to hydrolysis) is 1. The fourth-order valence-electron chi connectivity index (χ4n) is 1.41. The van der Waals surface area contributed by atoms with E-state index in [1.54, 1.807) is 6.07 Å². The number of nitrogens with one attached hydrogen (secondary N) is 1. The van der Waals surface area contributed by atoms with Gasteiger partial charge in [-0.1, -0.05) is 6.07 Å². The lowest BCUT2D eigenvalue weighted by molar-refractivity contribution is 0.0528. The SMILES string of the molecule is CC(C)(C)OC(=O)NCCc1ccc(I)c(N=O)c1. The molecule has 0 aromatic heterocycles. The summed E-state index contributed by atoms with van der Waals surface area (Å²) in [4.78, 5) is 22.0. The molecule has 0 fully saturated rings. The highest BCUT2D eigenvalue weighted by molar-refractivity contribution is 14.1. The van der Waals surface area contributed by atoms with Gasteiger partial charge < -0.3 is 10.1 Å². The number of ether oxygens (including phenoxy) is 1. The Balaban J connectivity index is 2.45. The molecule has 0 aliphatic carbocycles. The summed E-state index contributed by atoms with van der Waals surface area (Å²) in [5.74, 6) is 0. The Morgan fingerprint density at radius 1 is 1.42 bits per heavy atom. The van der Waals surface area contributed by atoms with Gasteiger partial charge >= 0.3 is 6.09 Å². The average Bonchev–Trinajstić information content (AvgIpc) is 2.29. The second-order valence-corrected chi connectivity index (χ2v) is 6.22. The number of benzene rings is 1. The highest BCUT2D eigenvalue weighted by Crippen LogP contribution is 2.22. The molecule has 1 amide bonds. The summed E-state index contributed by atoms with van der Waals surface area (Å²) >= 11 is 2.06. The van der Waals surface area contributed by atoms with Gasteiger partial charge in [0.2, 0.25) is 0 Å². The molecule has 1 rings (SSSR count). The van der Waals surface area contributed by atoms with E-state index in [4.69, 9.17) is 4.74 Å². The molecule has 1 N–H and O–H groups in total. The van der Waals surface area contributed by atoms with Crippen LogP contribution in [-0.4, -0.2) is 18.2 Å². The number of nitrogens with zero attached hydrogens (tertiary/aromatic N) is 1. The lowest BCUT2D eigenvalue weighted by atomic mass is 10.1. The van der Waals surface area contributed by atoms with Crippen LogP contribution in [-0.2, 0) is 11.2 Å². The zero-order valence-electron chi connectivity index (χ0n) is 11.2. The van der Waals surface area contributed by atoms with E-state index in [0.717, 1.165) is 9.13 Å². The number of nitroso groups, excluding NO2 is 1. The predicted octanol–water partition coefficient (Wildman–Crippen LogP) is 3.76. The van der Waals surface area contributed by atoms with Crippen LogP contribution in [0.1, 0.15) is 26.3 Å². The van der Waals surface area contributed by atoms with Crippen molar-refractivity contribution in [2.45, 2.75) is 32.8 Å². The number of carbonyl (C=O) groups is 1. The van der Waals surface area contributed by atoms with Crippen LogP contribution in [0.25, 0.3) is 0 Å². The Morgan fingerprint density at radius 3 is 2.68 bits per heavy atom. The van der Waals surface area contributed by atoms with Gasteiger partial charge in [-0.3, -0.25) is 0 Å². The topological polar surface area (TPSA) is 67.8 Å². The number of carbonyl (C=O) groups excluding carboxylic acids is 1. The molecule has 0 saturated heterocycles. The normalized spacial score (nSPS) is 10.9. The molecule has 1 aromatic carbocycles. The molecule has 0 radical (unpaired) electrons. The summed E-state index contributed by atoms with van der Waals surface area (Å²) in [6.45, 7) is 5.89. The first kappa shape index (κ1) is 15.9. The van der Waals surface area contributed by atoms with E-state index in [2.05, 4.69) is 33.1 Å². The first-order valence-electron chi connectivity index (χ1n) is 5.90. The van der Waals surface area contributed by atoms with Gasteiger partial charge in [0.15, 0.2) is 0 Å². The lowest BCUT2D eigenvalue weighted by Crippen LogP contribution is -2.33. The smallest absolute Gasteiger partial charge is 0.407 e. The van der Waals surface area contributed by atoms with Gasteiger partial charge in [0, 0.05) is 10.1 Å². The molecule has 0 heterocycles. The van der Waals surface area contributed by atoms with Gasteiger partial charge in [-0.2, -0.15) is 0 Å². The molecule has 0 atom stereocenters. The van der Waals surface area contributed by atoms with Crippen molar-refractivity contribution in [1.82, 2.24) is 5.32 Å². The number of amides is 1. The monoisotopic (exact) mass is 376 g/mol. The Bertz CT molecular complexity index is 469. The van der Waals surface area contributed by atoms with Crippen LogP contribution in [0.4, 0.5) is 10.5 Å². The third kappa shape index (κ3) is 6.00. The van der Waals surface area contributed by atoms with E-state index in [-0.39, 0.29) is 0 Å². The quantitative estimate of drug-likeness (QED) is 0.643. The number of hydrogen-bond donors (Lipinski definition) is 1. The van der Waals surface area contributed by atoms with Crippen LogP contribution >= 0.6 is 22.6 Å². The van der Waals surface area contributed by atoms with Gasteiger partial charge in [0.25, 0.3) is 0 Å². The highest BCUT2D eigenvalue weighted by atomic mass is 127. The largest absolute Gasteiger partial charge is 0.444 e. The predicted molar refractivity (Wildman–Crippen MR) is 82.6 cm³/mol. The summed E-state index contributed by atoms with van der Waals surface area (Å²) in [6.07, 6.45) is 0.185. The number of rotatable bonds is 4. The van der Waals surface area contributed by atoms with Crippen LogP contribution in [0, 0.1) is 8.48 Å². The Labute approximate surface area is 126 Å². The molecule has 0 aliphatic rings. The Morgan fingerprint density at radius 2 is 2.11 bits per heavy atom. The summed E-state index contributed by atoms with van der Waals surface area (Å²) in [7, 11) is 0. The molecule has 19 heavy (non-hydrogen) atoms. The van der Waals surface area contributed by atoms with E-state index < -0.39 is 11.7 Å². The van der Waals surface area contributed by atoms with E-state index in [0.29, 0.717) is 18.7 Å². The molecule has 5 nitrogen and oxygen atoms in total. The average molecular weight is 376 g/mol. The van der Waals surface area contributed by atoms with Crippen LogP contribution in [0.3, 0.4) is 0 Å². The molecule has 0 spiro atoms. The van der Waals surface area contributed by atoms with E-state index in [1.165, 1.54) is 0 Å². The highest BCUT2D eigenvalue weighted by Gasteiger charge is 2.15. The summed E-state index contributed by atoms with van der Waals surface area (Å²) in [6, 6.07) is 5.47. The molecule has 0 bridgehead atoms. The zero-order chi connectivity index (χ0) is 14.5. The van der Waals surface area contributed by atoms with Crippen LogP contribution < -0.4 is 5.32 Å². The van der Waals surface area contributed by atoms with Crippen LogP contribution in [0.5, 0.6) is 0 Å². The molecule has 6 heteroatoms. The van der Waals surface area contributed by atoms with Crippen molar-refractivity contribution in [3.63, 3.8) is 0 Å². The number of halogens is 1. The molecular weight excluding hydrogens is 359 g/mol. The Kier molecular flexibility index (Phi) is 5.71. The fourth-order valence-corrected chi connectivity index (χ4v) is 1.84. The minimum Gasteiger partial charge on any atom is -0.444 e. The van der Waals surface area contributed by atoms with Crippen molar-refractivity contribution in [1.29, 1.82) is 0 Å². The standard InChI is InChI=1S/C13H17IN2O3/c1-13(2,3)19-12(17)15-7-6-9-4-5-10(14)11(8-9)16-18/h4-5,8H,6-7H2,1-3H3,(H,15,17). The zero-order valence-corrected chi connectivity index (χ0v) is 13.4. The molecule has 1 aromatic rings. The summed E-state index contributed by atoms with van der Waals surface area (Å²) in [5, 5.41) is 5.62. The van der Waals surface area contributed by atoms with Crippen LogP contribution in [0.15, 0.2) is 23.4 Å². The van der Waals surface area contributed by atoms with Crippen LogP contribution in [0.2, 0.25) is 0 Å². The summed E-state index contributed by atoms with van der Waals surface area (Å²) in [5.41, 5.74) is 0.878. The van der Waals surface area contributed by atoms with Gasteiger partial charge in [-0.05, 0) is 72.7 Å². The molecule has 104 valence electrons. The van der Waals surface area contributed by atoms with Crippen molar-refractivity contribution in [2.24, 2.45) is 5.18 Å². The van der Waals surface area contributed by atoms with Crippen molar-refractivity contribution in [3.05, 3.63) is 32.2 Å². The first-order chi connectivity index (χ1) is 8.81. The first-order valence-corrected chi connectivity index (χ1v) is 6.98. The molecule has 0 saturated carbocycles. The molecule has 0 aliphatic heterocycles. The Hall–Kier alpha value is -1.18. The second-order valence-electron chi connectivity index (χ2n) is 5.06. The second kappa shape index (κ2) is 6.83. The maximum atomic E-state index is 11.4. The minimum atomic E-state index is -0.498. The van der Waals surface area contributed by atoms with Crippen molar-refractivity contribution >= 4 is 34.4 Å². The lowest BCUT2D eigenvalue weighted by Gasteiger charge is -2.19. The summed E-state index contributed by atoms with van der Waals surface area (Å²) < 4.78 is 5.94. The van der Waals surface area contributed by atoms with Gasteiger partial charge in [-0.15, -0.1) is 4.91 Å². The van der Waals surface area contributed by atoms with E-state index in [9.17, 15) is 9.70 Å². The molecule has 0 unspecified atom stereocenters. The van der Waals surface area contributed by atoms with Crippen molar-refractivity contribution in [3.8, 4) is 0 Å². The third-order valence-electron chi connectivity index (χ3n) is 2.19. The maximum Gasteiger partial charge on any atom is 0.407 e. The van der Waals surface area contributed by atoms with Gasteiger partial charge in [-0.25, -0.2) is 4.79 Å². The van der Waals surface area contributed by atoms with Gasteiger partial charge in [0.1, 0.15) is 11.3 Å². The van der Waals surface area contributed by atoms with Crippen molar-refractivity contribution < 1.29 is 9.53 Å². The van der Waals surface area contributed by atoms with E-state index in [1.807, 2.05) is 32.9 Å². The van der Waals surface area contributed by atoms with Crippen molar-refractivity contribution in [2.75, 3.05) is 6.54 Å². The van der Waals surface area contributed by atoms with E-state index >= 15 is 0 Å². The maximum absolute atomic E-state index is 11.4. The fraction of sp³-hybridized carbons (Fsp3) is 0.462. The number of hydrogen-bond acceptors (Lipinski definition) is 4. The van der Waals surface area contributed by atoms with Gasteiger partial charge in [0.05, 0.1) is 0 Å². The molecular formula is C13H17IN2O3. The minimum absolute atomic E-state index is 0.426. The third-order valence-corrected chi connectivity index (χ3v) is 3.10.